The van der Waals surface area contributed by atoms with Crippen LogP contribution < -0.4 is 10.6 Å². The highest BCUT2D eigenvalue weighted by Gasteiger charge is 2.17. The molecule has 5 nitrogen and oxygen atoms in total. The van der Waals surface area contributed by atoms with Gasteiger partial charge in [0.15, 0.2) is 0 Å². The molecule has 1 aliphatic heterocycles. The molecule has 5 heteroatoms. The minimum atomic E-state index is 0.353. The molecule has 0 saturated carbocycles. The van der Waals surface area contributed by atoms with E-state index in [9.17, 15) is 0 Å². The molecule has 1 fully saturated rings. The maximum atomic E-state index is 5.71. The number of hydrogen-bond acceptors (Lipinski definition) is 4. The second-order valence-electron chi connectivity index (χ2n) is 6.46. The maximum absolute atomic E-state index is 5.71. The van der Waals surface area contributed by atoms with Crippen LogP contribution in [-0.2, 0) is 7.05 Å². The van der Waals surface area contributed by atoms with Crippen LogP contribution in [0.5, 0.6) is 0 Å². The Bertz CT molecular complexity index is 944. The lowest BCUT2D eigenvalue weighted by Gasteiger charge is -2.23. The second kappa shape index (κ2) is 6.58. The highest BCUT2D eigenvalue weighted by Crippen LogP contribution is 2.31. The molecular formula is C20H21N5. The minimum Gasteiger partial charge on any atom is -0.350 e. The van der Waals surface area contributed by atoms with Gasteiger partial charge in [0, 0.05) is 48.5 Å². The number of terminal acetylenes is 1. The first-order chi connectivity index (χ1) is 12.3. The predicted molar refractivity (Wildman–Crippen MR) is 101 cm³/mol. The average molecular weight is 331 g/mol. The molecule has 0 aliphatic carbocycles. The van der Waals surface area contributed by atoms with Crippen molar-refractivity contribution in [1.82, 2.24) is 19.9 Å². The van der Waals surface area contributed by atoms with E-state index in [0.29, 0.717) is 17.6 Å². The van der Waals surface area contributed by atoms with Crippen LogP contribution in [0.15, 0.2) is 36.7 Å². The molecule has 0 amide bonds. The van der Waals surface area contributed by atoms with Crippen LogP contribution in [0.2, 0.25) is 0 Å². The third-order valence-electron chi connectivity index (χ3n) is 4.73. The number of aromatic nitrogens is 3. The summed E-state index contributed by atoms with van der Waals surface area (Å²) < 4.78 is 2.10. The standard InChI is InChI=1S/C20H21N5/c1-3-14-11-22-20(23-15-7-6-10-21-12-15)24-19(14)17-13-25(2)18-9-5-4-8-16(17)18/h1,4-5,8-9,11,13,15,21H,6-7,10,12H2,2H3,(H,22,23,24). The van der Waals surface area contributed by atoms with E-state index in [1.54, 1.807) is 6.20 Å². The van der Waals surface area contributed by atoms with Gasteiger partial charge in [-0.15, -0.1) is 6.42 Å². The van der Waals surface area contributed by atoms with Crippen molar-refractivity contribution in [2.24, 2.45) is 7.05 Å². The van der Waals surface area contributed by atoms with Gasteiger partial charge >= 0.3 is 0 Å². The molecule has 126 valence electrons. The van der Waals surface area contributed by atoms with Crippen molar-refractivity contribution in [2.45, 2.75) is 18.9 Å². The number of fused-ring (bicyclic) bond motifs is 1. The normalized spacial score (nSPS) is 17.4. The van der Waals surface area contributed by atoms with Crippen molar-refractivity contribution in [1.29, 1.82) is 0 Å². The molecule has 4 rings (SSSR count). The smallest absolute Gasteiger partial charge is 0.223 e. The van der Waals surface area contributed by atoms with Gasteiger partial charge in [0.05, 0.1) is 11.3 Å². The average Bonchev–Trinajstić information content (AvgIpc) is 3.00. The number of benzene rings is 1. The number of aryl methyl sites for hydroxylation is 1. The Labute approximate surface area is 147 Å². The maximum Gasteiger partial charge on any atom is 0.223 e. The highest BCUT2D eigenvalue weighted by atomic mass is 15.1. The lowest BCUT2D eigenvalue weighted by Crippen LogP contribution is -2.38. The van der Waals surface area contributed by atoms with Crippen molar-refractivity contribution < 1.29 is 0 Å². The monoisotopic (exact) mass is 331 g/mol. The third-order valence-corrected chi connectivity index (χ3v) is 4.73. The van der Waals surface area contributed by atoms with Crippen LogP contribution in [0.1, 0.15) is 18.4 Å². The van der Waals surface area contributed by atoms with E-state index < -0.39 is 0 Å². The Balaban J connectivity index is 1.77. The first kappa shape index (κ1) is 15.7. The summed E-state index contributed by atoms with van der Waals surface area (Å²) in [4.78, 5) is 9.18. The molecule has 3 heterocycles. The lowest BCUT2D eigenvalue weighted by atomic mass is 10.1. The number of hydrogen-bond donors (Lipinski definition) is 2. The van der Waals surface area contributed by atoms with Crippen molar-refractivity contribution >= 4 is 16.9 Å². The summed E-state index contributed by atoms with van der Waals surface area (Å²) in [5, 5.41) is 7.98. The summed E-state index contributed by atoms with van der Waals surface area (Å²) in [6, 6.07) is 8.63. The molecule has 25 heavy (non-hydrogen) atoms. The molecule has 3 aromatic rings. The fourth-order valence-electron chi connectivity index (χ4n) is 3.45. The van der Waals surface area contributed by atoms with Crippen LogP contribution in [-0.4, -0.2) is 33.7 Å². The van der Waals surface area contributed by atoms with Gasteiger partial charge in [0.25, 0.3) is 0 Å². The summed E-state index contributed by atoms with van der Waals surface area (Å²) in [7, 11) is 2.04. The van der Waals surface area contributed by atoms with Crippen LogP contribution in [0.3, 0.4) is 0 Å². The first-order valence-corrected chi connectivity index (χ1v) is 8.61. The van der Waals surface area contributed by atoms with Crippen LogP contribution >= 0.6 is 0 Å². The molecular weight excluding hydrogens is 310 g/mol. The number of rotatable bonds is 3. The summed E-state index contributed by atoms with van der Waals surface area (Å²) in [5.74, 6) is 3.36. The van der Waals surface area contributed by atoms with Crippen molar-refractivity contribution in [3.05, 3.63) is 42.2 Å². The highest BCUT2D eigenvalue weighted by molar-refractivity contribution is 5.96. The summed E-state index contributed by atoms with van der Waals surface area (Å²) >= 11 is 0. The molecule has 1 aliphatic rings. The predicted octanol–water partition coefficient (Wildman–Crippen LogP) is 2.78. The molecule has 2 aromatic heterocycles. The summed E-state index contributed by atoms with van der Waals surface area (Å²) in [5.41, 5.74) is 3.72. The summed E-state index contributed by atoms with van der Waals surface area (Å²) in [6.45, 7) is 2.01. The Hall–Kier alpha value is -2.84. The SMILES string of the molecule is C#Cc1cnc(NC2CCCNC2)nc1-c1cn(C)c2ccccc12. The second-order valence-corrected chi connectivity index (χ2v) is 6.46. The fourth-order valence-corrected chi connectivity index (χ4v) is 3.45. The van der Waals surface area contributed by atoms with Crippen molar-refractivity contribution in [3.63, 3.8) is 0 Å². The van der Waals surface area contributed by atoms with Crippen molar-refractivity contribution in [2.75, 3.05) is 18.4 Å². The molecule has 1 atom stereocenters. The van der Waals surface area contributed by atoms with Gasteiger partial charge < -0.3 is 15.2 Å². The van der Waals surface area contributed by atoms with E-state index in [0.717, 1.165) is 48.1 Å². The molecule has 1 saturated heterocycles. The zero-order chi connectivity index (χ0) is 17.2. The van der Waals surface area contributed by atoms with Crippen LogP contribution in [0, 0.1) is 12.3 Å². The van der Waals surface area contributed by atoms with E-state index in [4.69, 9.17) is 11.4 Å². The molecule has 0 bridgehead atoms. The van der Waals surface area contributed by atoms with Crippen LogP contribution in [0.25, 0.3) is 22.2 Å². The molecule has 0 radical (unpaired) electrons. The third kappa shape index (κ3) is 2.97. The van der Waals surface area contributed by atoms with E-state index in [2.05, 4.69) is 44.4 Å². The minimum absolute atomic E-state index is 0.353. The van der Waals surface area contributed by atoms with Gasteiger partial charge in [-0.2, -0.15) is 0 Å². The molecule has 1 unspecified atom stereocenters. The molecule has 1 aromatic carbocycles. The summed E-state index contributed by atoms with van der Waals surface area (Å²) in [6.07, 6.45) is 11.8. The first-order valence-electron chi connectivity index (χ1n) is 8.61. The zero-order valence-electron chi connectivity index (χ0n) is 14.3. The number of piperidine rings is 1. The van der Waals surface area contributed by atoms with E-state index in [1.165, 1.54) is 0 Å². The number of para-hydroxylation sites is 1. The quantitative estimate of drug-likeness (QED) is 0.725. The Morgan fingerprint density at radius 1 is 1.36 bits per heavy atom. The Kier molecular flexibility index (Phi) is 4.12. The van der Waals surface area contributed by atoms with Gasteiger partial charge in [-0.3, -0.25) is 0 Å². The molecule has 2 N–H and O–H groups in total. The van der Waals surface area contributed by atoms with E-state index in [-0.39, 0.29) is 0 Å². The Morgan fingerprint density at radius 3 is 3.04 bits per heavy atom. The van der Waals surface area contributed by atoms with Gasteiger partial charge in [0.1, 0.15) is 0 Å². The van der Waals surface area contributed by atoms with E-state index in [1.807, 2.05) is 19.2 Å². The number of anilines is 1. The van der Waals surface area contributed by atoms with Gasteiger partial charge in [-0.1, -0.05) is 24.1 Å². The molecule has 0 spiro atoms. The fraction of sp³-hybridized carbons (Fsp3) is 0.300. The lowest BCUT2D eigenvalue weighted by molar-refractivity contribution is 0.478. The van der Waals surface area contributed by atoms with Gasteiger partial charge in [0.2, 0.25) is 5.95 Å². The zero-order valence-corrected chi connectivity index (χ0v) is 14.3. The Morgan fingerprint density at radius 2 is 2.24 bits per heavy atom. The number of nitrogens with zero attached hydrogens (tertiary/aromatic N) is 3. The largest absolute Gasteiger partial charge is 0.350 e. The van der Waals surface area contributed by atoms with E-state index >= 15 is 0 Å². The van der Waals surface area contributed by atoms with Gasteiger partial charge in [-0.25, -0.2) is 9.97 Å². The van der Waals surface area contributed by atoms with Gasteiger partial charge in [-0.05, 0) is 25.5 Å². The topological polar surface area (TPSA) is 54.8 Å². The van der Waals surface area contributed by atoms with Crippen molar-refractivity contribution in [3.8, 4) is 23.6 Å². The number of nitrogens with one attached hydrogen (secondary N) is 2. The van der Waals surface area contributed by atoms with Crippen LogP contribution in [0.4, 0.5) is 5.95 Å².